The second kappa shape index (κ2) is 5.42. The number of halogens is 1. The van der Waals surface area contributed by atoms with Crippen LogP contribution in [0.15, 0.2) is 53.4 Å². The molecule has 2 aromatic rings. The SMILES string of the molecule is NC(=O)c1cc(S(=O)(=O)Cc2ccccc2)ccc1F. The molecular formula is C14H12FNO3S. The maximum absolute atomic E-state index is 13.3. The summed E-state index contributed by atoms with van der Waals surface area (Å²) in [6.45, 7) is 0. The van der Waals surface area contributed by atoms with Crippen molar-refractivity contribution in [2.24, 2.45) is 5.73 Å². The monoisotopic (exact) mass is 293 g/mol. The Kier molecular flexibility index (Phi) is 3.85. The van der Waals surface area contributed by atoms with Gasteiger partial charge in [0.05, 0.1) is 16.2 Å². The van der Waals surface area contributed by atoms with E-state index in [0.29, 0.717) is 5.56 Å². The second-order valence-electron chi connectivity index (χ2n) is 4.25. The van der Waals surface area contributed by atoms with Crippen molar-refractivity contribution in [1.82, 2.24) is 0 Å². The minimum atomic E-state index is -3.66. The third-order valence-electron chi connectivity index (χ3n) is 2.76. The molecule has 0 aromatic heterocycles. The first-order chi connectivity index (χ1) is 9.40. The first-order valence-electron chi connectivity index (χ1n) is 5.76. The maximum atomic E-state index is 13.3. The zero-order valence-corrected chi connectivity index (χ0v) is 11.2. The predicted octanol–water partition coefficient (Wildman–Crippen LogP) is 1.90. The highest BCUT2D eigenvalue weighted by atomic mass is 32.2. The fraction of sp³-hybridized carbons (Fsp3) is 0.0714. The van der Waals surface area contributed by atoms with Crippen LogP contribution in [0.25, 0.3) is 0 Å². The molecular weight excluding hydrogens is 281 g/mol. The summed E-state index contributed by atoms with van der Waals surface area (Å²) in [4.78, 5) is 10.9. The first-order valence-corrected chi connectivity index (χ1v) is 7.41. The molecule has 0 unspecified atom stereocenters. The number of nitrogens with two attached hydrogens (primary N) is 1. The molecule has 4 nitrogen and oxygen atoms in total. The Labute approximate surface area is 116 Å². The van der Waals surface area contributed by atoms with E-state index >= 15 is 0 Å². The highest BCUT2D eigenvalue weighted by Crippen LogP contribution is 2.19. The molecule has 0 spiro atoms. The van der Waals surface area contributed by atoms with Crippen molar-refractivity contribution in [3.8, 4) is 0 Å². The van der Waals surface area contributed by atoms with Gasteiger partial charge in [0.25, 0.3) is 5.91 Å². The van der Waals surface area contributed by atoms with Crippen LogP contribution in [-0.2, 0) is 15.6 Å². The fourth-order valence-electron chi connectivity index (χ4n) is 1.76. The van der Waals surface area contributed by atoms with Crippen LogP contribution < -0.4 is 5.73 Å². The summed E-state index contributed by atoms with van der Waals surface area (Å²) in [5, 5.41) is 0. The molecule has 2 aromatic carbocycles. The summed E-state index contributed by atoms with van der Waals surface area (Å²) in [7, 11) is -3.66. The van der Waals surface area contributed by atoms with Gasteiger partial charge in [0, 0.05) is 0 Å². The van der Waals surface area contributed by atoms with Gasteiger partial charge in [-0.1, -0.05) is 30.3 Å². The predicted molar refractivity (Wildman–Crippen MR) is 72.2 cm³/mol. The minimum absolute atomic E-state index is 0.128. The zero-order valence-electron chi connectivity index (χ0n) is 10.4. The average molecular weight is 293 g/mol. The molecule has 0 aliphatic rings. The van der Waals surface area contributed by atoms with Gasteiger partial charge in [-0.05, 0) is 23.8 Å². The zero-order chi connectivity index (χ0) is 14.8. The summed E-state index contributed by atoms with van der Waals surface area (Å²) in [6.07, 6.45) is 0. The van der Waals surface area contributed by atoms with Crippen molar-refractivity contribution in [1.29, 1.82) is 0 Å². The van der Waals surface area contributed by atoms with Crippen molar-refractivity contribution in [2.75, 3.05) is 0 Å². The van der Waals surface area contributed by atoms with Gasteiger partial charge >= 0.3 is 0 Å². The van der Waals surface area contributed by atoms with E-state index in [-0.39, 0.29) is 10.6 Å². The van der Waals surface area contributed by atoms with Gasteiger partial charge in [-0.3, -0.25) is 4.79 Å². The number of primary amides is 1. The summed E-state index contributed by atoms with van der Waals surface area (Å²) >= 11 is 0. The van der Waals surface area contributed by atoms with Crippen LogP contribution in [0.2, 0.25) is 0 Å². The molecule has 1 amide bonds. The van der Waals surface area contributed by atoms with E-state index in [1.54, 1.807) is 30.3 Å². The normalized spacial score (nSPS) is 11.2. The topological polar surface area (TPSA) is 77.2 Å². The number of amides is 1. The van der Waals surface area contributed by atoms with E-state index < -0.39 is 27.1 Å². The molecule has 0 fully saturated rings. The lowest BCUT2D eigenvalue weighted by atomic mass is 10.2. The Hall–Kier alpha value is -2.21. The molecule has 0 radical (unpaired) electrons. The molecule has 0 aliphatic heterocycles. The summed E-state index contributed by atoms with van der Waals surface area (Å²) in [6, 6.07) is 11.6. The van der Waals surface area contributed by atoms with Crippen molar-refractivity contribution in [3.05, 3.63) is 65.5 Å². The number of carbonyl (C=O) groups is 1. The Bertz CT molecular complexity index is 742. The Morgan fingerprint density at radius 3 is 2.35 bits per heavy atom. The van der Waals surface area contributed by atoms with Gasteiger partial charge in [0.2, 0.25) is 0 Å². The van der Waals surface area contributed by atoms with E-state index in [2.05, 4.69) is 0 Å². The van der Waals surface area contributed by atoms with Crippen LogP contribution in [0.1, 0.15) is 15.9 Å². The molecule has 104 valence electrons. The van der Waals surface area contributed by atoms with Crippen LogP contribution in [0.5, 0.6) is 0 Å². The van der Waals surface area contributed by atoms with Crippen LogP contribution in [-0.4, -0.2) is 14.3 Å². The standard InChI is InChI=1S/C14H12FNO3S/c15-13-7-6-11(8-12(13)14(16)17)20(18,19)9-10-4-2-1-3-5-10/h1-8H,9H2,(H2,16,17). The summed E-state index contributed by atoms with van der Waals surface area (Å²) < 4.78 is 37.8. The quantitative estimate of drug-likeness (QED) is 0.875. The van der Waals surface area contributed by atoms with Crippen molar-refractivity contribution >= 4 is 15.7 Å². The molecule has 0 saturated carbocycles. The highest BCUT2D eigenvalue weighted by Gasteiger charge is 2.18. The van der Waals surface area contributed by atoms with Crippen LogP contribution in [0.4, 0.5) is 4.39 Å². The van der Waals surface area contributed by atoms with E-state index in [9.17, 15) is 17.6 Å². The molecule has 20 heavy (non-hydrogen) atoms. The molecule has 0 heterocycles. The van der Waals surface area contributed by atoms with Gasteiger partial charge in [-0.15, -0.1) is 0 Å². The van der Waals surface area contributed by atoms with Crippen molar-refractivity contribution in [3.63, 3.8) is 0 Å². The van der Waals surface area contributed by atoms with Crippen LogP contribution in [0, 0.1) is 5.82 Å². The largest absolute Gasteiger partial charge is 0.366 e. The second-order valence-corrected chi connectivity index (χ2v) is 6.24. The molecule has 2 N–H and O–H groups in total. The Morgan fingerprint density at radius 1 is 1.10 bits per heavy atom. The third kappa shape index (κ3) is 3.03. The highest BCUT2D eigenvalue weighted by molar-refractivity contribution is 7.90. The maximum Gasteiger partial charge on any atom is 0.251 e. The number of rotatable bonds is 4. The molecule has 0 saturated heterocycles. The number of sulfone groups is 1. The third-order valence-corrected chi connectivity index (χ3v) is 4.45. The van der Waals surface area contributed by atoms with Gasteiger partial charge < -0.3 is 5.73 Å². The van der Waals surface area contributed by atoms with E-state index in [1.165, 1.54) is 0 Å². The van der Waals surface area contributed by atoms with Gasteiger partial charge in [-0.25, -0.2) is 12.8 Å². The summed E-state index contributed by atoms with van der Waals surface area (Å²) in [5.41, 5.74) is 5.18. The smallest absolute Gasteiger partial charge is 0.251 e. The van der Waals surface area contributed by atoms with E-state index in [0.717, 1.165) is 18.2 Å². The average Bonchev–Trinajstić information content (AvgIpc) is 2.39. The molecule has 0 bridgehead atoms. The summed E-state index contributed by atoms with van der Waals surface area (Å²) in [5.74, 6) is -2.06. The fourth-order valence-corrected chi connectivity index (χ4v) is 3.13. The van der Waals surface area contributed by atoms with Crippen LogP contribution in [0.3, 0.4) is 0 Å². The lowest BCUT2D eigenvalue weighted by Gasteiger charge is -2.06. The Morgan fingerprint density at radius 2 is 1.75 bits per heavy atom. The minimum Gasteiger partial charge on any atom is -0.366 e. The first kappa shape index (κ1) is 14.2. The number of hydrogen-bond acceptors (Lipinski definition) is 3. The van der Waals surface area contributed by atoms with E-state index in [1.807, 2.05) is 0 Å². The number of hydrogen-bond donors (Lipinski definition) is 1. The van der Waals surface area contributed by atoms with Crippen molar-refractivity contribution in [2.45, 2.75) is 10.6 Å². The van der Waals surface area contributed by atoms with Crippen LogP contribution >= 0.6 is 0 Å². The number of benzene rings is 2. The molecule has 0 aliphatic carbocycles. The molecule has 2 rings (SSSR count). The molecule has 6 heteroatoms. The lowest BCUT2D eigenvalue weighted by molar-refractivity contribution is 0.0996. The van der Waals surface area contributed by atoms with E-state index in [4.69, 9.17) is 5.73 Å². The number of carbonyl (C=O) groups excluding carboxylic acids is 1. The van der Waals surface area contributed by atoms with Gasteiger partial charge in [0.1, 0.15) is 5.82 Å². The molecule has 0 atom stereocenters. The van der Waals surface area contributed by atoms with Crippen molar-refractivity contribution < 1.29 is 17.6 Å². The van der Waals surface area contributed by atoms with Gasteiger partial charge in [-0.2, -0.15) is 0 Å². The van der Waals surface area contributed by atoms with Gasteiger partial charge in [0.15, 0.2) is 9.84 Å². The Balaban J connectivity index is 2.40. The lowest BCUT2D eigenvalue weighted by Crippen LogP contribution is -2.15.